The predicted octanol–water partition coefficient (Wildman–Crippen LogP) is 3.46. The second-order valence-corrected chi connectivity index (χ2v) is 7.92. The van der Waals surface area contributed by atoms with Crippen molar-refractivity contribution in [1.29, 1.82) is 0 Å². The predicted molar refractivity (Wildman–Crippen MR) is 107 cm³/mol. The van der Waals surface area contributed by atoms with E-state index < -0.39 is 0 Å². The second-order valence-electron chi connectivity index (χ2n) is 7.92. The molecule has 4 rings (SSSR count). The maximum Gasteiger partial charge on any atom is 0.226 e. The molecule has 0 radical (unpaired) electrons. The van der Waals surface area contributed by atoms with E-state index in [9.17, 15) is 4.79 Å². The van der Waals surface area contributed by atoms with E-state index in [1.54, 1.807) is 0 Å². The Hall–Kier alpha value is -2.33. The summed E-state index contributed by atoms with van der Waals surface area (Å²) in [5.74, 6) is 1.37. The summed E-state index contributed by atoms with van der Waals surface area (Å²) >= 11 is 0. The molecule has 2 atom stereocenters. The second kappa shape index (κ2) is 7.35. The van der Waals surface area contributed by atoms with Crippen LogP contribution in [0.5, 0.6) is 5.75 Å². The minimum absolute atomic E-state index is 0.00851. The number of fused-ring (bicyclic) bond motifs is 1. The van der Waals surface area contributed by atoms with Crippen LogP contribution in [0, 0.1) is 0 Å². The number of benzene rings is 2. The molecule has 0 saturated carbocycles. The highest BCUT2D eigenvalue weighted by Crippen LogP contribution is 2.40. The van der Waals surface area contributed by atoms with Gasteiger partial charge in [-0.25, -0.2) is 0 Å². The number of amides is 1. The van der Waals surface area contributed by atoms with Gasteiger partial charge < -0.3 is 15.4 Å². The van der Waals surface area contributed by atoms with Crippen LogP contribution < -0.4 is 10.5 Å². The van der Waals surface area contributed by atoms with Gasteiger partial charge in [-0.1, -0.05) is 55.5 Å². The Bertz CT molecular complexity index is 797. The van der Waals surface area contributed by atoms with Gasteiger partial charge in [0, 0.05) is 36.5 Å². The van der Waals surface area contributed by atoms with Crippen LogP contribution in [0.1, 0.15) is 43.2 Å². The number of para-hydroxylation sites is 1. The van der Waals surface area contributed by atoms with Crippen molar-refractivity contribution in [2.45, 2.75) is 43.6 Å². The number of hydrogen-bond acceptors (Lipinski definition) is 3. The normalized spacial score (nSPS) is 23.6. The average Bonchev–Trinajstić information content (AvgIpc) is 3.04. The van der Waals surface area contributed by atoms with Gasteiger partial charge in [-0.3, -0.25) is 4.79 Å². The molecule has 4 heteroatoms. The number of likely N-dealkylation sites (tertiary alicyclic amines) is 1. The van der Waals surface area contributed by atoms with Crippen molar-refractivity contribution < 1.29 is 9.53 Å². The van der Waals surface area contributed by atoms with Gasteiger partial charge in [0.2, 0.25) is 5.91 Å². The number of piperidine rings is 1. The van der Waals surface area contributed by atoms with Crippen molar-refractivity contribution in [2.24, 2.45) is 5.73 Å². The van der Waals surface area contributed by atoms with Crippen molar-refractivity contribution in [3.8, 4) is 5.75 Å². The molecule has 2 aliphatic heterocycles. The number of rotatable bonds is 4. The fraction of sp³-hybridized carbons (Fsp3) is 0.435. The molecule has 0 bridgehead atoms. The number of hydrogen-bond donors (Lipinski definition) is 1. The highest BCUT2D eigenvalue weighted by Gasteiger charge is 2.38. The summed E-state index contributed by atoms with van der Waals surface area (Å²) in [6, 6.07) is 18.6. The molecule has 4 nitrogen and oxygen atoms in total. The van der Waals surface area contributed by atoms with Crippen LogP contribution >= 0.6 is 0 Å². The van der Waals surface area contributed by atoms with E-state index >= 15 is 0 Å². The molecule has 2 N–H and O–H groups in total. The zero-order valence-corrected chi connectivity index (χ0v) is 15.9. The molecule has 0 aromatic heterocycles. The molecule has 142 valence electrons. The first-order chi connectivity index (χ1) is 13.1. The Morgan fingerprint density at radius 3 is 2.44 bits per heavy atom. The Balaban J connectivity index is 1.38. The zero-order chi connectivity index (χ0) is 18.9. The van der Waals surface area contributed by atoms with Crippen molar-refractivity contribution in [2.75, 3.05) is 19.6 Å². The summed E-state index contributed by atoms with van der Waals surface area (Å²) in [7, 11) is 0. The molecule has 0 aliphatic carbocycles. The van der Waals surface area contributed by atoms with Crippen LogP contribution in [-0.4, -0.2) is 36.5 Å². The topological polar surface area (TPSA) is 55.6 Å². The molecule has 27 heavy (non-hydrogen) atoms. The number of carbonyl (C=O) groups excluding carboxylic acids is 1. The largest absolute Gasteiger partial charge is 0.489 e. The van der Waals surface area contributed by atoms with Crippen LogP contribution in [-0.2, 0) is 10.2 Å². The van der Waals surface area contributed by atoms with E-state index in [1.807, 2.05) is 29.2 Å². The lowest BCUT2D eigenvalue weighted by Gasteiger charge is -2.42. The van der Waals surface area contributed by atoms with Gasteiger partial charge in [0.15, 0.2) is 0 Å². The fourth-order valence-corrected chi connectivity index (χ4v) is 4.54. The van der Waals surface area contributed by atoms with E-state index in [-0.39, 0.29) is 23.3 Å². The standard InChI is InChI=1S/C23H28N2O2/c1-17-19-9-5-6-10-20(19)27-21(17)15-22(26)25-13-11-23(16-24,12-14-25)18-7-3-2-4-8-18/h2-10,17,21H,11-16,24H2,1H3/t17-,21-/m0/s1. The molecule has 0 unspecified atom stereocenters. The maximum atomic E-state index is 12.9. The molecule has 1 fully saturated rings. The first-order valence-corrected chi connectivity index (χ1v) is 9.92. The smallest absolute Gasteiger partial charge is 0.226 e. The van der Waals surface area contributed by atoms with Gasteiger partial charge in [-0.05, 0) is 24.5 Å². The zero-order valence-electron chi connectivity index (χ0n) is 15.9. The van der Waals surface area contributed by atoms with Gasteiger partial charge in [0.05, 0.1) is 6.42 Å². The van der Waals surface area contributed by atoms with E-state index in [2.05, 4.69) is 37.3 Å². The maximum absolute atomic E-state index is 12.9. The monoisotopic (exact) mass is 364 g/mol. The Kier molecular flexibility index (Phi) is 4.92. The number of ether oxygens (including phenoxy) is 1. The molecule has 2 aliphatic rings. The van der Waals surface area contributed by atoms with Crippen LogP contribution in [0.2, 0.25) is 0 Å². The molecule has 0 spiro atoms. The van der Waals surface area contributed by atoms with Crippen molar-refractivity contribution >= 4 is 5.91 Å². The van der Waals surface area contributed by atoms with Crippen molar-refractivity contribution in [1.82, 2.24) is 4.90 Å². The third-order valence-electron chi connectivity index (χ3n) is 6.47. The lowest BCUT2D eigenvalue weighted by molar-refractivity contribution is -0.134. The van der Waals surface area contributed by atoms with Gasteiger partial charge in [-0.2, -0.15) is 0 Å². The average molecular weight is 364 g/mol. The SMILES string of the molecule is C[C@H]1c2ccccc2O[C@H]1CC(=O)N1CCC(CN)(c2ccccc2)CC1. The van der Waals surface area contributed by atoms with Crippen LogP contribution in [0.25, 0.3) is 0 Å². The minimum atomic E-state index is -0.0646. The third-order valence-corrected chi connectivity index (χ3v) is 6.47. The summed E-state index contributed by atoms with van der Waals surface area (Å²) in [6.45, 7) is 4.30. The van der Waals surface area contributed by atoms with Gasteiger partial charge in [-0.15, -0.1) is 0 Å². The molecular weight excluding hydrogens is 336 g/mol. The van der Waals surface area contributed by atoms with E-state index in [1.165, 1.54) is 11.1 Å². The molecule has 2 aromatic carbocycles. The van der Waals surface area contributed by atoms with Gasteiger partial charge >= 0.3 is 0 Å². The Morgan fingerprint density at radius 1 is 1.11 bits per heavy atom. The quantitative estimate of drug-likeness (QED) is 0.904. The van der Waals surface area contributed by atoms with E-state index in [0.29, 0.717) is 13.0 Å². The van der Waals surface area contributed by atoms with Crippen LogP contribution in [0.15, 0.2) is 54.6 Å². The highest BCUT2D eigenvalue weighted by atomic mass is 16.5. The van der Waals surface area contributed by atoms with Gasteiger partial charge in [0.1, 0.15) is 11.9 Å². The van der Waals surface area contributed by atoms with Crippen molar-refractivity contribution in [3.05, 3.63) is 65.7 Å². The van der Waals surface area contributed by atoms with Gasteiger partial charge in [0.25, 0.3) is 0 Å². The number of carbonyl (C=O) groups is 1. The number of nitrogens with two attached hydrogens (primary N) is 1. The molecular formula is C23H28N2O2. The Morgan fingerprint density at radius 2 is 1.78 bits per heavy atom. The van der Waals surface area contributed by atoms with E-state index in [0.717, 1.165) is 31.7 Å². The summed E-state index contributed by atoms with van der Waals surface area (Å²) in [5.41, 5.74) is 8.66. The molecule has 2 aromatic rings. The lowest BCUT2D eigenvalue weighted by Crippen LogP contribution is -2.49. The first kappa shape index (κ1) is 18.1. The highest BCUT2D eigenvalue weighted by molar-refractivity contribution is 5.77. The molecule has 2 heterocycles. The number of nitrogens with zero attached hydrogens (tertiary/aromatic N) is 1. The van der Waals surface area contributed by atoms with E-state index in [4.69, 9.17) is 10.5 Å². The first-order valence-electron chi connectivity index (χ1n) is 9.92. The third kappa shape index (κ3) is 3.34. The minimum Gasteiger partial charge on any atom is -0.489 e. The fourth-order valence-electron chi connectivity index (χ4n) is 4.54. The summed E-state index contributed by atoms with van der Waals surface area (Å²) in [6.07, 6.45) is 2.21. The van der Waals surface area contributed by atoms with Crippen LogP contribution in [0.4, 0.5) is 0 Å². The molecule has 1 saturated heterocycles. The van der Waals surface area contributed by atoms with Crippen LogP contribution in [0.3, 0.4) is 0 Å². The Labute approximate surface area is 161 Å². The summed E-state index contributed by atoms with van der Waals surface area (Å²) in [4.78, 5) is 14.9. The summed E-state index contributed by atoms with van der Waals surface area (Å²) in [5, 5.41) is 0. The lowest BCUT2D eigenvalue weighted by atomic mass is 9.73. The molecule has 1 amide bonds. The summed E-state index contributed by atoms with van der Waals surface area (Å²) < 4.78 is 6.04. The van der Waals surface area contributed by atoms with Crippen molar-refractivity contribution in [3.63, 3.8) is 0 Å².